The molecule has 114 valence electrons. The molecule has 0 spiro atoms. The Balaban J connectivity index is 2.54. The molecule has 0 aliphatic rings. The summed E-state index contributed by atoms with van der Waals surface area (Å²) >= 11 is 6.29. The van der Waals surface area contributed by atoms with Crippen LogP contribution in [0.5, 0.6) is 0 Å². The van der Waals surface area contributed by atoms with Gasteiger partial charge in [-0.2, -0.15) is 13.2 Å². The van der Waals surface area contributed by atoms with Crippen LogP contribution in [0.3, 0.4) is 0 Å². The van der Waals surface area contributed by atoms with Crippen molar-refractivity contribution in [1.82, 2.24) is 4.72 Å². The fraction of sp³-hybridized carbons (Fsp3) is 0.400. The molecule has 0 heterocycles. The van der Waals surface area contributed by atoms with Crippen LogP contribution in [0.25, 0.3) is 0 Å². The third kappa shape index (κ3) is 6.08. The summed E-state index contributed by atoms with van der Waals surface area (Å²) in [5, 5.41) is 0. The van der Waals surface area contributed by atoms with E-state index in [1.54, 1.807) is 12.1 Å². The molecule has 10 heteroatoms. The highest BCUT2D eigenvalue weighted by atomic mass is 79.9. The molecule has 0 unspecified atom stereocenters. The molecule has 0 fully saturated rings. The predicted molar refractivity (Wildman–Crippen MR) is 73.9 cm³/mol. The van der Waals surface area contributed by atoms with Crippen molar-refractivity contribution in [3.05, 3.63) is 27.1 Å². The highest BCUT2D eigenvalue weighted by Crippen LogP contribution is 2.25. The van der Waals surface area contributed by atoms with Gasteiger partial charge in [-0.1, -0.05) is 15.9 Å². The number of nitrogens with one attached hydrogen (secondary N) is 1. The van der Waals surface area contributed by atoms with Crippen molar-refractivity contribution >= 4 is 41.9 Å². The maximum atomic E-state index is 11.9. The van der Waals surface area contributed by atoms with E-state index >= 15 is 0 Å². The second-order valence-corrected chi connectivity index (χ2v) is 7.15. The van der Waals surface area contributed by atoms with Gasteiger partial charge in [-0.15, -0.1) is 0 Å². The van der Waals surface area contributed by atoms with Crippen LogP contribution in [0.4, 0.5) is 13.2 Å². The molecule has 1 rings (SSSR count). The molecule has 0 saturated carbocycles. The van der Waals surface area contributed by atoms with Crippen molar-refractivity contribution in [2.45, 2.75) is 11.1 Å². The standard InChI is InChI=1S/C10H10Br2F3NO3S/c11-7-1-2-9(8(12)5-7)20(17,18)16-3-4-19-6-10(13,14)15/h1-2,5,16H,3-4,6H2. The Hall–Kier alpha value is -0.160. The Morgan fingerprint density at radius 2 is 1.90 bits per heavy atom. The van der Waals surface area contributed by atoms with Gasteiger partial charge in [0.25, 0.3) is 0 Å². The molecule has 0 saturated heterocycles. The predicted octanol–water partition coefficient (Wildman–Crippen LogP) is 3.07. The highest BCUT2D eigenvalue weighted by molar-refractivity contribution is 9.11. The molecule has 1 aromatic rings. The first-order valence-electron chi connectivity index (χ1n) is 5.21. The van der Waals surface area contributed by atoms with Gasteiger partial charge in [0.15, 0.2) is 0 Å². The highest BCUT2D eigenvalue weighted by Gasteiger charge is 2.27. The van der Waals surface area contributed by atoms with Crippen LogP contribution in [-0.2, 0) is 14.8 Å². The maximum Gasteiger partial charge on any atom is 0.411 e. The molecule has 0 bridgehead atoms. The molecule has 1 N–H and O–H groups in total. The summed E-state index contributed by atoms with van der Waals surface area (Å²) in [6.07, 6.45) is -4.42. The zero-order chi connectivity index (χ0) is 15.4. The van der Waals surface area contributed by atoms with Crippen LogP contribution in [0.2, 0.25) is 0 Å². The second-order valence-electron chi connectivity index (χ2n) is 3.64. The Morgan fingerprint density at radius 1 is 1.25 bits per heavy atom. The SMILES string of the molecule is O=S(=O)(NCCOCC(F)(F)F)c1ccc(Br)cc1Br. The molecule has 1 aromatic carbocycles. The maximum absolute atomic E-state index is 11.9. The zero-order valence-corrected chi connectivity index (χ0v) is 13.9. The second kappa shape index (κ2) is 7.21. The van der Waals surface area contributed by atoms with E-state index in [2.05, 4.69) is 41.3 Å². The molecular weight excluding hydrogens is 431 g/mol. The van der Waals surface area contributed by atoms with Crippen LogP contribution in [-0.4, -0.2) is 34.4 Å². The molecular formula is C10H10Br2F3NO3S. The summed E-state index contributed by atoms with van der Waals surface area (Å²) in [5.74, 6) is 0. The number of hydrogen-bond donors (Lipinski definition) is 1. The largest absolute Gasteiger partial charge is 0.411 e. The van der Waals surface area contributed by atoms with Gasteiger partial charge in [-0.3, -0.25) is 0 Å². The number of halogens is 5. The third-order valence-corrected chi connectivity index (χ3v) is 4.92. The van der Waals surface area contributed by atoms with Crippen LogP contribution >= 0.6 is 31.9 Å². The number of ether oxygens (including phenoxy) is 1. The fourth-order valence-electron chi connectivity index (χ4n) is 1.21. The van der Waals surface area contributed by atoms with Gasteiger partial charge in [0.1, 0.15) is 6.61 Å². The van der Waals surface area contributed by atoms with Gasteiger partial charge in [-0.05, 0) is 34.1 Å². The lowest BCUT2D eigenvalue weighted by molar-refractivity contribution is -0.173. The van der Waals surface area contributed by atoms with Crippen molar-refractivity contribution in [2.75, 3.05) is 19.8 Å². The average Bonchev–Trinajstić information content (AvgIpc) is 2.26. The van der Waals surface area contributed by atoms with Crippen molar-refractivity contribution < 1.29 is 26.3 Å². The van der Waals surface area contributed by atoms with E-state index < -0.39 is 22.8 Å². The summed E-state index contributed by atoms with van der Waals surface area (Å²) in [4.78, 5) is -0.00322. The van der Waals surface area contributed by atoms with Gasteiger partial charge >= 0.3 is 6.18 Å². The summed E-state index contributed by atoms with van der Waals surface area (Å²) in [6.45, 7) is -2.02. The minimum absolute atomic E-state index is 0.00322. The van der Waals surface area contributed by atoms with Crippen LogP contribution in [0.15, 0.2) is 32.0 Å². The van der Waals surface area contributed by atoms with E-state index in [9.17, 15) is 21.6 Å². The van der Waals surface area contributed by atoms with Crippen molar-refractivity contribution in [3.63, 3.8) is 0 Å². The van der Waals surface area contributed by atoms with Crippen molar-refractivity contribution in [3.8, 4) is 0 Å². The first-order valence-corrected chi connectivity index (χ1v) is 8.28. The van der Waals surface area contributed by atoms with E-state index in [-0.39, 0.29) is 18.0 Å². The zero-order valence-electron chi connectivity index (χ0n) is 9.88. The number of rotatable bonds is 6. The molecule has 20 heavy (non-hydrogen) atoms. The molecule has 0 amide bonds. The molecule has 4 nitrogen and oxygen atoms in total. The van der Waals surface area contributed by atoms with E-state index in [4.69, 9.17) is 0 Å². The number of benzene rings is 1. The Bertz CT molecular complexity index is 563. The van der Waals surface area contributed by atoms with Gasteiger partial charge < -0.3 is 4.74 Å². The Morgan fingerprint density at radius 3 is 2.45 bits per heavy atom. The van der Waals surface area contributed by atoms with Gasteiger partial charge in [0.05, 0.1) is 11.5 Å². The normalized spacial score (nSPS) is 12.7. The summed E-state index contributed by atoms with van der Waals surface area (Å²) < 4.78 is 66.7. The van der Waals surface area contributed by atoms with E-state index in [0.717, 1.165) is 0 Å². The quantitative estimate of drug-likeness (QED) is 0.691. The van der Waals surface area contributed by atoms with Gasteiger partial charge in [0, 0.05) is 15.5 Å². The minimum atomic E-state index is -4.42. The molecule has 0 aliphatic carbocycles. The first kappa shape index (κ1) is 17.9. The number of hydrogen-bond acceptors (Lipinski definition) is 3. The van der Waals surface area contributed by atoms with Crippen molar-refractivity contribution in [1.29, 1.82) is 0 Å². The van der Waals surface area contributed by atoms with Gasteiger partial charge in [-0.25, -0.2) is 13.1 Å². The summed E-state index contributed by atoms with van der Waals surface area (Å²) in [6, 6.07) is 4.46. The van der Waals surface area contributed by atoms with E-state index in [0.29, 0.717) is 8.95 Å². The van der Waals surface area contributed by atoms with Crippen LogP contribution < -0.4 is 4.72 Å². The van der Waals surface area contributed by atoms with Gasteiger partial charge in [0.2, 0.25) is 10.0 Å². The molecule has 0 atom stereocenters. The molecule has 0 radical (unpaired) electrons. The Labute approximate surface area is 131 Å². The van der Waals surface area contributed by atoms with E-state index in [1.807, 2.05) is 0 Å². The Kier molecular flexibility index (Phi) is 6.45. The van der Waals surface area contributed by atoms with E-state index in [1.165, 1.54) is 6.07 Å². The fourth-order valence-corrected chi connectivity index (χ4v) is 3.96. The lowest BCUT2D eigenvalue weighted by Crippen LogP contribution is -2.29. The smallest absolute Gasteiger partial charge is 0.371 e. The third-order valence-electron chi connectivity index (χ3n) is 1.99. The van der Waals surface area contributed by atoms with Crippen molar-refractivity contribution in [2.24, 2.45) is 0 Å². The molecule has 0 aromatic heterocycles. The number of alkyl halides is 3. The number of sulfonamides is 1. The topological polar surface area (TPSA) is 55.4 Å². The summed E-state index contributed by atoms with van der Waals surface area (Å²) in [5.41, 5.74) is 0. The average molecular weight is 441 g/mol. The lowest BCUT2D eigenvalue weighted by atomic mass is 10.4. The first-order chi connectivity index (χ1) is 9.12. The minimum Gasteiger partial charge on any atom is -0.371 e. The monoisotopic (exact) mass is 439 g/mol. The summed E-state index contributed by atoms with van der Waals surface area (Å²) in [7, 11) is -3.80. The van der Waals surface area contributed by atoms with Crippen LogP contribution in [0, 0.1) is 0 Å². The lowest BCUT2D eigenvalue weighted by Gasteiger charge is -2.10. The molecule has 0 aliphatic heterocycles. The van der Waals surface area contributed by atoms with Crippen LogP contribution in [0.1, 0.15) is 0 Å².